The van der Waals surface area contributed by atoms with Gasteiger partial charge in [0.15, 0.2) is 0 Å². The third-order valence-electron chi connectivity index (χ3n) is 5.26. The highest BCUT2D eigenvalue weighted by Crippen LogP contribution is 2.41. The molecule has 0 fully saturated rings. The minimum absolute atomic E-state index is 0.846. The second-order valence-electron chi connectivity index (χ2n) is 7.04. The molecule has 0 unspecified atom stereocenters. The second kappa shape index (κ2) is 7.21. The van der Waals surface area contributed by atoms with Crippen LogP contribution in [0.4, 0.5) is 0 Å². The van der Waals surface area contributed by atoms with Gasteiger partial charge in [-0.25, -0.2) is 0 Å². The van der Waals surface area contributed by atoms with Crippen LogP contribution in [0, 0.1) is 0 Å². The van der Waals surface area contributed by atoms with Gasteiger partial charge in [0, 0.05) is 23.0 Å². The number of hydrogen-bond donors (Lipinski definition) is 0. The first kappa shape index (κ1) is 16.6. The van der Waals surface area contributed by atoms with Gasteiger partial charge in [0.2, 0.25) is 0 Å². The fraction of sp³-hybridized carbons (Fsp3) is 0.0370. The summed E-state index contributed by atoms with van der Waals surface area (Å²) < 4.78 is 2.46. The zero-order chi connectivity index (χ0) is 18.8. The van der Waals surface area contributed by atoms with E-state index < -0.39 is 0 Å². The summed E-state index contributed by atoms with van der Waals surface area (Å²) in [7, 11) is 0. The Morgan fingerprint density at radius 1 is 0.500 bits per heavy atom. The highest BCUT2D eigenvalue weighted by Gasteiger charge is 2.19. The first-order valence-corrected chi connectivity index (χ1v) is 9.68. The molecule has 1 heteroatoms. The lowest BCUT2D eigenvalue weighted by atomic mass is 9.98. The smallest absolute Gasteiger partial charge is 0.0574 e. The minimum Gasteiger partial charge on any atom is -0.335 e. The molecule has 28 heavy (non-hydrogen) atoms. The van der Waals surface area contributed by atoms with Crippen LogP contribution < -0.4 is 0 Å². The van der Waals surface area contributed by atoms with Crippen LogP contribution in [0.3, 0.4) is 0 Å². The van der Waals surface area contributed by atoms with Crippen molar-refractivity contribution in [1.29, 1.82) is 0 Å². The van der Waals surface area contributed by atoms with E-state index in [0.29, 0.717) is 0 Å². The average Bonchev–Trinajstić information content (AvgIpc) is 3.10. The van der Waals surface area contributed by atoms with Gasteiger partial charge < -0.3 is 4.57 Å². The average molecular weight is 359 g/mol. The zero-order valence-electron chi connectivity index (χ0n) is 15.6. The van der Waals surface area contributed by atoms with Crippen molar-refractivity contribution in [2.75, 3.05) is 0 Å². The number of aromatic nitrogens is 1. The van der Waals surface area contributed by atoms with Gasteiger partial charge >= 0.3 is 0 Å². The van der Waals surface area contributed by atoms with Crippen molar-refractivity contribution in [2.45, 2.75) is 6.54 Å². The van der Waals surface area contributed by atoms with Gasteiger partial charge in [-0.15, -0.1) is 0 Å². The highest BCUT2D eigenvalue weighted by molar-refractivity contribution is 6.04. The number of benzene rings is 4. The third-order valence-corrected chi connectivity index (χ3v) is 5.26. The Morgan fingerprint density at radius 3 is 1.71 bits per heavy atom. The molecule has 4 aromatic carbocycles. The summed E-state index contributed by atoms with van der Waals surface area (Å²) in [6.45, 7) is 0.846. The van der Waals surface area contributed by atoms with E-state index in [1.807, 2.05) is 0 Å². The molecule has 1 aromatic heterocycles. The molecule has 0 atom stereocenters. The van der Waals surface area contributed by atoms with E-state index in [-0.39, 0.29) is 0 Å². The third kappa shape index (κ3) is 2.91. The van der Waals surface area contributed by atoms with Gasteiger partial charge in [0.05, 0.1) is 5.69 Å². The maximum Gasteiger partial charge on any atom is 0.0574 e. The molecule has 0 aliphatic carbocycles. The van der Waals surface area contributed by atoms with Crippen molar-refractivity contribution < 1.29 is 0 Å². The van der Waals surface area contributed by atoms with E-state index in [9.17, 15) is 0 Å². The molecule has 0 aliphatic heterocycles. The summed E-state index contributed by atoms with van der Waals surface area (Å²) in [5, 5.41) is 1.29. The van der Waals surface area contributed by atoms with Crippen molar-refractivity contribution in [1.82, 2.24) is 4.57 Å². The Balaban J connectivity index is 1.85. The number of rotatable bonds is 4. The first-order valence-electron chi connectivity index (χ1n) is 9.68. The van der Waals surface area contributed by atoms with Gasteiger partial charge in [0.25, 0.3) is 0 Å². The fourth-order valence-corrected chi connectivity index (χ4v) is 4.03. The van der Waals surface area contributed by atoms with Crippen LogP contribution in [0.15, 0.2) is 115 Å². The Morgan fingerprint density at radius 2 is 1.04 bits per heavy atom. The van der Waals surface area contributed by atoms with E-state index in [2.05, 4.69) is 120 Å². The van der Waals surface area contributed by atoms with Crippen molar-refractivity contribution >= 4 is 10.9 Å². The second-order valence-corrected chi connectivity index (χ2v) is 7.04. The van der Waals surface area contributed by atoms with Crippen LogP contribution in [0.2, 0.25) is 0 Å². The molecular formula is C27H21N. The summed E-state index contributed by atoms with van der Waals surface area (Å²) in [6.07, 6.45) is 0. The topological polar surface area (TPSA) is 4.93 Å². The summed E-state index contributed by atoms with van der Waals surface area (Å²) in [4.78, 5) is 0. The Bertz CT molecular complexity index is 1200. The lowest BCUT2D eigenvalue weighted by molar-refractivity contribution is 0.845. The maximum atomic E-state index is 2.46. The highest BCUT2D eigenvalue weighted by atomic mass is 15.0. The molecular weight excluding hydrogens is 338 g/mol. The first-order chi connectivity index (χ1) is 13.9. The standard InChI is InChI=1S/C27H21N/c1-4-12-21(13-5-1)20-28-25-19-11-10-18-24(25)26(22-14-6-2-7-15-22)27(28)23-16-8-3-9-17-23/h1-19H,20H2. The molecule has 0 N–H and O–H groups in total. The lowest BCUT2D eigenvalue weighted by Gasteiger charge is -2.13. The molecule has 0 radical (unpaired) electrons. The van der Waals surface area contributed by atoms with Crippen molar-refractivity contribution in [3.63, 3.8) is 0 Å². The van der Waals surface area contributed by atoms with E-state index in [0.717, 1.165) is 6.54 Å². The van der Waals surface area contributed by atoms with Crippen molar-refractivity contribution in [3.05, 3.63) is 121 Å². The number of nitrogens with zero attached hydrogens (tertiary/aromatic N) is 1. The normalized spacial score (nSPS) is 11.0. The van der Waals surface area contributed by atoms with E-state index in [4.69, 9.17) is 0 Å². The van der Waals surface area contributed by atoms with E-state index in [1.54, 1.807) is 0 Å². The Hall–Kier alpha value is -3.58. The quantitative estimate of drug-likeness (QED) is 0.325. The molecule has 0 aliphatic rings. The van der Waals surface area contributed by atoms with Crippen molar-refractivity contribution in [3.8, 4) is 22.4 Å². The monoisotopic (exact) mass is 359 g/mol. The maximum absolute atomic E-state index is 2.46. The van der Waals surface area contributed by atoms with Gasteiger partial charge in [-0.2, -0.15) is 0 Å². The predicted molar refractivity (Wildman–Crippen MR) is 118 cm³/mol. The molecule has 0 saturated heterocycles. The molecule has 0 saturated carbocycles. The Kier molecular flexibility index (Phi) is 4.27. The SMILES string of the molecule is c1ccc(Cn2c(-c3ccccc3)c(-c3ccccc3)c3ccccc32)cc1. The molecule has 1 nitrogen and oxygen atoms in total. The van der Waals surface area contributed by atoms with E-state index in [1.165, 1.54) is 38.9 Å². The van der Waals surface area contributed by atoms with Crippen LogP contribution in [0.1, 0.15) is 5.56 Å². The lowest BCUT2D eigenvalue weighted by Crippen LogP contribution is -2.02. The molecule has 5 rings (SSSR count). The van der Waals surface area contributed by atoms with Gasteiger partial charge in [0.1, 0.15) is 0 Å². The zero-order valence-corrected chi connectivity index (χ0v) is 15.6. The summed E-state index contributed by atoms with van der Waals surface area (Å²) >= 11 is 0. The van der Waals surface area contributed by atoms with Crippen molar-refractivity contribution in [2.24, 2.45) is 0 Å². The van der Waals surface area contributed by atoms with Crippen LogP contribution in [-0.2, 0) is 6.54 Å². The molecule has 0 bridgehead atoms. The summed E-state index contributed by atoms with van der Waals surface area (Å²) in [5.74, 6) is 0. The predicted octanol–water partition coefficient (Wildman–Crippen LogP) is 7.02. The number of hydrogen-bond acceptors (Lipinski definition) is 0. The van der Waals surface area contributed by atoms with Gasteiger partial charge in [-0.05, 0) is 22.8 Å². The van der Waals surface area contributed by atoms with Crippen LogP contribution >= 0.6 is 0 Å². The number of fused-ring (bicyclic) bond motifs is 1. The molecule has 1 heterocycles. The van der Waals surface area contributed by atoms with Gasteiger partial charge in [-0.3, -0.25) is 0 Å². The minimum atomic E-state index is 0.846. The van der Waals surface area contributed by atoms with Crippen LogP contribution in [0.5, 0.6) is 0 Å². The van der Waals surface area contributed by atoms with Gasteiger partial charge in [-0.1, -0.05) is 109 Å². The van der Waals surface area contributed by atoms with Crippen LogP contribution in [0.25, 0.3) is 33.3 Å². The molecule has 5 aromatic rings. The fourth-order valence-electron chi connectivity index (χ4n) is 4.03. The number of para-hydroxylation sites is 1. The van der Waals surface area contributed by atoms with E-state index >= 15 is 0 Å². The largest absolute Gasteiger partial charge is 0.335 e. The Labute approximate surface area is 165 Å². The molecule has 134 valence electrons. The van der Waals surface area contributed by atoms with Crippen LogP contribution in [-0.4, -0.2) is 4.57 Å². The molecule has 0 amide bonds. The summed E-state index contributed by atoms with van der Waals surface area (Å²) in [6, 6.07) is 40.9. The summed E-state index contributed by atoms with van der Waals surface area (Å²) in [5.41, 5.74) is 7.65. The molecule has 0 spiro atoms.